The van der Waals surface area contributed by atoms with Crippen LogP contribution in [-0.2, 0) is 11.3 Å². The summed E-state index contributed by atoms with van der Waals surface area (Å²) in [5, 5.41) is 5.21. The van der Waals surface area contributed by atoms with Gasteiger partial charge >= 0.3 is 0 Å². The molecule has 0 spiro atoms. The van der Waals surface area contributed by atoms with E-state index in [1.165, 1.54) is 32.4 Å². The molecule has 0 unspecified atom stereocenters. The number of halogens is 1. The molecule has 2 saturated heterocycles. The van der Waals surface area contributed by atoms with E-state index in [0.717, 1.165) is 43.7 Å². The summed E-state index contributed by atoms with van der Waals surface area (Å²) in [5.74, 6) is 0.205. The van der Waals surface area contributed by atoms with Crippen LogP contribution >= 0.6 is 11.6 Å². The monoisotopic (exact) mass is 380 g/mol. The Morgan fingerprint density at radius 2 is 1.88 bits per heavy atom. The molecule has 26 heavy (non-hydrogen) atoms. The first kappa shape index (κ1) is 19.7. The molecular formula is C20H33ClN4O. The number of aryl methyl sites for hydroxylation is 1. The fraction of sp³-hybridized carbons (Fsp3) is 0.800. The van der Waals surface area contributed by atoms with Crippen LogP contribution in [0.2, 0.25) is 5.02 Å². The molecule has 5 nitrogen and oxygen atoms in total. The van der Waals surface area contributed by atoms with Crippen molar-refractivity contribution in [3.63, 3.8) is 0 Å². The molecule has 1 aromatic rings. The minimum atomic E-state index is -0.0727. The number of likely N-dealkylation sites (tertiary alicyclic amines) is 2. The minimum absolute atomic E-state index is 0.0727. The van der Waals surface area contributed by atoms with Gasteiger partial charge in [0.25, 0.3) is 0 Å². The summed E-state index contributed by atoms with van der Waals surface area (Å²) in [5.41, 5.74) is 1.79. The van der Waals surface area contributed by atoms with Crippen molar-refractivity contribution >= 4 is 17.5 Å². The van der Waals surface area contributed by atoms with Gasteiger partial charge in [0.1, 0.15) is 0 Å². The van der Waals surface area contributed by atoms with Gasteiger partial charge in [0.15, 0.2) is 0 Å². The first-order valence-electron chi connectivity index (χ1n) is 10.2. The number of piperidine rings is 1. The van der Waals surface area contributed by atoms with Crippen molar-refractivity contribution in [1.82, 2.24) is 19.6 Å². The molecule has 0 bridgehead atoms. The predicted octanol–water partition coefficient (Wildman–Crippen LogP) is 3.66. The van der Waals surface area contributed by atoms with Crippen molar-refractivity contribution in [3.05, 3.63) is 16.4 Å². The second-order valence-electron chi connectivity index (χ2n) is 8.09. The lowest BCUT2D eigenvalue weighted by molar-refractivity contribution is -0.139. The third-order valence-corrected chi connectivity index (χ3v) is 6.60. The topological polar surface area (TPSA) is 41.4 Å². The minimum Gasteiger partial charge on any atom is -0.339 e. The van der Waals surface area contributed by atoms with Crippen LogP contribution in [0.1, 0.15) is 56.8 Å². The summed E-state index contributed by atoms with van der Waals surface area (Å²) >= 11 is 6.25. The Morgan fingerprint density at radius 1 is 1.19 bits per heavy atom. The summed E-state index contributed by atoms with van der Waals surface area (Å²) in [6, 6.07) is 0.406. The van der Waals surface area contributed by atoms with E-state index in [1.54, 1.807) is 0 Å². The van der Waals surface area contributed by atoms with Crippen LogP contribution in [0.25, 0.3) is 0 Å². The Morgan fingerprint density at radius 3 is 2.54 bits per heavy atom. The van der Waals surface area contributed by atoms with E-state index >= 15 is 0 Å². The molecule has 0 aliphatic carbocycles. The van der Waals surface area contributed by atoms with Gasteiger partial charge in [0, 0.05) is 19.1 Å². The third kappa shape index (κ3) is 4.42. The molecule has 0 aromatic carbocycles. The Labute approximate surface area is 162 Å². The molecule has 6 heteroatoms. The predicted molar refractivity (Wildman–Crippen MR) is 106 cm³/mol. The first-order valence-corrected chi connectivity index (χ1v) is 10.6. The van der Waals surface area contributed by atoms with Crippen molar-refractivity contribution in [1.29, 1.82) is 0 Å². The first-order chi connectivity index (χ1) is 12.5. The number of amides is 1. The maximum absolute atomic E-state index is 13.2. The SMILES string of the molecule is Cc1nn(C[C@@H](C)C(=O)N2CCCC[C@H]2CCN2CCCC2)c(C)c1Cl. The highest BCUT2D eigenvalue weighted by atomic mass is 35.5. The zero-order valence-electron chi connectivity index (χ0n) is 16.5. The average Bonchev–Trinajstić information content (AvgIpc) is 3.24. The van der Waals surface area contributed by atoms with Gasteiger partial charge in [-0.1, -0.05) is 18.5 Å². The molecule has 0 N–H and O–H groups in total. The second-order valence-corrected chi connectivity index (χ2v) is 8.46. The molecule has 1 amide bonds. The van der Waals surface area contributed by atoms with Crippen LogP contribution in [0, 0.1) is 19.8 Å². The van der Waals surface area contributed by atoms with Gasteiger partial charge < -0.3 is 9.80 Å². The molecule has 1 aromatic heterocycles. The van der Waals surface area contributed by atoms with Crippen LogP contribution in [0.4, 0.5) is 0 Å². The van der Waals surface area contributed by atoms with E-state index in [9.17, 15) is 4.79 Å². The maximum atomic E-state index is 13.2. The Bertz CT molecular complexity index is 624. The fourth-order valence-electron chi connectivity index (χ4n) is 4.40. The Balaban J connectivity index is 1.60. The lowest BCUT2D eigenvalue weighted by Gasteiger charge is -2.38. The van der Waals surface area contributed by atoms with Crippen LogP contribution < -0.4 is 0 Å². The lowest BCUT2D eigenvalue weighted by Crippen LogP contribution is -2.47. The normalized spacial score (nSPS) is 22.8. The van der Waals surface area contributed by atoms with Crippen molar-refractivity contribution < 1.29 is 4.79 Å². The zero-order valence-corrected chi connectivity index (χ0v) is 17.3. The van der Waals surface area contributed by atoms with E-state index in [0.29, 0.717) is 17.6 Å². The highest BCUT2D eigenvalue weighted by Crippen LogP contribution is 2.25. The highest BCUT2D eigenvalue weighted by molar-refractivity contribution is 6.31. The van der Waals surface area contributed by atoms with Gasteiger partial charge in [-0.15, -0.1) is 0 Å². The molecule has 0 saturated carbocycles. The summed E-state index contributed by atoms with van der Waals surface area (Å²) in [6.45, 7) is 11.0. The molecule has 2 aliphatic rings. The number of aromatic nitrogens is 2. The summed E-state index contributed by atoms with van der Waals surface area (Å²) in [6.07, 6.45) is 7.30. The van der Waals surface area contributed by atoms with E-state index < -0.39 is 0 Å². The van der Waals surface area contributed by atoms with E-state index in [2.05, 4.69) is 14.9 Å². The molecule has 146 valence electrons. The summed E-state index contributed by atoms with van der Waals surface area (Å²) in [7, 11) is 0. The third-order valence-electron chi connectivity index (χ3n) is 6.05. The lowest BCUT2D eigenvalue weighted by atomic mass is 9.97. The summed E-state index contributed by atoms with van der Waals surface area (Å²) in [4.78, 5) is 17.9. The molecule has 3 heterocycles. The van der Waals surface area contributed by atoms with E-state index in [-0.39, 0.29) is 11.8 Å². The highest BCUT2D eigenvalue weighted by Gasteiger charge is 2.30. The number of hydrogen-bond donors (Lipinski definition) is 0. The van der Waals surface area contributed by atoms with Gasteiger partial charge in [-0.25, -0.2) is 0 Å². The van der Waals surface area contributed by atoms with Crippen molar-refractivity contribution in [3.8, 4) is 0 Å². The van der Waals surface area contributed by atoms with Crippen molar-refractivity contribution in [2.75, 3.05) is 26.2 Å². The molecular weight excluding hydrogens is 348 g/mol. The van der Waals surface area contributed by atoms with Crippen LogP contribution in [-0.4, -0.2) is 57.7 Å². The number of carbonyl (C=O) groups is 1. The number of rotatable bonds is 6. The van der Waals surface area contributed by atoms with Gasteiger partial charge in [-0.05, 0) is 65.5 Å². The Kier molecular flexibility index (Phi) is 6.62. The molecule has 2 atom stereocenters. The van der Waals surface area contributed by atoms with E-state index in [4.69, 9.17) is 11.6 Å². The molecule has 3 rings (SSSR count). The smallest absolute Gasteiger partial charge is 0.227 e. The van der Waals surface area contributed by atoms with Gasteiger partial charge in [0.2, 0.25) is 5.91 Å². The van der Waals surface area contributed by atoms with Crippen LogP contribution in [0.15, 0.2) is 0 Å². The zero-order chi connectivity index (χ0) is 18.7. The second kappa shape index (κ2) is 8.75. The standard InChI is InChI=1S/C20H33ClN4O/c1-15(14-25-17(3)19(21)16(2)22-25)20(26)24-12-5-4-8-18(24)9-13-23-10-6-7-11-23/h15,18H,4-14H2,1-3H3/t15-,18+/m1/s1. The largest absolute Gasteiger partial charge is 0.339 e. The molecule has 2 aliphatic heterocycles. The quantitative estimate of drug-likeness (QED) is 0.756. The molecule has 0 radical (unpaired) electrons. The van der Waals surface area contributed by atoms with Crippen molar-refractivity contribution in [2.45, 2.75) is 71.9 Å². The number of carbonyl (C=O) groups excluding carboxylic acids is 1. The van der Waals surface area contributed by atoms with Gasteiger partial charge in [-0.3, -0.25) is 9.48 Å². The van der Waals surface area contributed by atoms with Gasteiger partial charge in [-0.2, -0.15) is 5.10 Å². The fourth-order valence-corrected chi connectivity index (χ4v) is 4.54. The molecule has 2 fully saturated rings. The number of nitrogens with zero attached hydrogens (tertiary/aromatic N) is 4. The summed E-state index contributed by atoms with van der Waals surface area (Å²) < 4.78 is 1.89. The van der Waals surface area contributed by atoms with Gasteiger partial charge in [0.05, 0.1) is 28.9 Å². The average molecular weight is 381 g/mol. The number of hydrogen-bond acceptors (Lipinski definition) is 3. The maximum Gasteiger partial charge on any atom is 0.227 e. The van der Waals surface area contributed by atoms with Crippen LogP contribution in [0.3, 0.4) is 0 Å². The van der Waals surface area contributed by atoms with Crippen molar-refractivity contribution in [2.24, 2.45) is 5.92 Å². The van der Waals surface area contributed by atoms with E-state index in [1.807, 2.05) is 25.5 Å². The Hall–Kier alpha value is -1.07. The van der Waals surface area contributed by atoms with Crippen LogP contribution in [0.5, 0.6) is 0 Å².